The first-order valence-corrected chi connectivity index (χ1v) is 8.06. The highest BCUT2D eigenvalue weighted by molar-refractivity contribution is 6.30. The van der Waals surface area contributed by atoms with E-state index in [1.54, 1.807) is 13.2 Å². The van der Waals surface area contributed by atoms with Crippen molar-refractivity contribution in [3.05, 3.63) is 58.6 Å². The highest BCUT2D eigenvalue weighted by atomic mass is 35.5. The van der Waals surface area contributed by atoms with Crippen LogP contribution in [0.1, 0.15) is 30.9 Å². The maximum atomic E-state index is 9.61. The Bertz CT molecular complexity index is 610. The van der Waals surface area contributed by atoms with Crippen molar-refractivity contribution in [3.8, 4) is 11.5 Å². The fourth-order valence-corrected chi connectivity index (χ4v) is 2.75. The molecule has 0 bridgehead atoms. The van der Waals surface area contributed by atoms with Crippen LogP contribution in [0.15, 0.2) is 42.5 Å². The first-order valence-electron chi connectivity index (χ1n) is 7.69. The fourth-order valence-electron chi connectivity index (χ4n) is 2.54. The second-order valence-corrected chi connectivity index (χ2v) is 6.26. The van der Waals surface area contributed by atoms with Crippen molar-refractivity contribution in [1.29, 1.82) is 0 Å². The molecule has 0 aromatic heterocycles. The average Bonchev–Trinajstić information content (AvgIpc) is 2.52. The highest BCUT2D eigenvalue weighted by Gasteiger charge is 2.07. The summed E-state index contributed by atoms with van der Waals surface area (Å²) in [6.45, 7) is 2.28. The predicted octanol–water partition coefficient (Wildman–Crippen LogP) is 5.26. The Kier molecular flexibility index (Phi) is 6.14. The van der Waals surface area contributed by atoms with Gasteiger partial charge >= 0.3 is 0 Å². The topological polar surface area (TPSA) is 29.5 Å². The molecule has 1 atom stereocenters. The Morgan fingerprint density at radius 1 is 1.05 bits per heavy atom. The van der Waals surface area contributed by atoms with Crippen molar-refractivity contribution in [3.63, 3.8) is 0 Å². The third kappa shape index (κ3) is 4.96. The molecule has 0 saturated carbocycles. The number of aromatic hydroxyl groups is 1. The lowest BCUT2D eigenvalue weighted by Crippen LogP contribution is -2.00. The van der Waals surface area contributed by atoms with Crippen LogP contribution in [-0.2, 0) is 12.8 Å². The Morgan fingerprint density at radius 3 is 2.36 bits per heavy atom. The number of rotatable bonds is 7. The molecule has 2 aromatic rings. The van der Waals surface area contributed by atoms with E-state index in [4.69, 9.17) is 16.3 Å². The van der Waals surface area contributed by atoms with E-state index in [0.717, 1.165) is 30.7 Å². The van der Waals surface area contributed by atoms with E-state index in [1.165, 1.54) is 11.1 Å². The summed E-state index contributed by atoms with van der Waals surface area (Å²) in [7, 11) is 1.58. The summed E-state index contributed by atoms with van der Waals surface area (Å²) in [5, 5.41) is 10.4. The summed E-state index contributed by atoms with van der Waals surface area (Å²) < 4.78 is 5.15. The van der Waals surface area contributed by atoms with E-state index >= 15 is 0 Å². The van der Waals surface area contributed by atoms with Crippen LogP contribution in [-0.4, -0.2) is 12.2 Å². The molecule has 0 radical (unpaired) electrons. The molecular weight excluding hydrogens is 296 g/mol. The SMILES string of the molecule is COc1cc(CCC(C)CCc2cccc(Cl)c2)ccc1O. The number of aryl methyl sites for hydroxylation is 2. The van der Waals surface area contributed by atoms with Gasteiger partial charge in [-0.2, -0.15) is 0 Å². The number of hydrogen-bond acceptors (Lipinski definition) is 2. The Labute approximate surface area is 137 Å². The van der Waals surface area contributed by atoms with Gasteiger partial charge in [-0.05, 0) is 67.0 Å². The number of phenolic OH excluding ortho intramolecular Hbond substituents is 1. The molecule has 118 valence electrons. The van der Waals surface area contributed by atoms with Gasteiger partial charge in [0.1, 0.15) is 0 Å². The van der Waals surface area contributed by atoms with E-state index in [9.17, 15) is 5.11 Å². The van der Waals surface area contributed by atoms with E-state index in [2.05, 4.69) is 13.0 Å². The van der Waals surface area contributed by atoms with E-state index in [-0.39, 0.29) is 5.75 Å². The number of phenols is 1. The molecule has 0 amide bonds. The van der Waals surface area contributed by atoms with Crippen LogP contribution in [0.5, 0.6) is 11.5 Å². The minimum Gasteiger partial charge on any atom is -0.504 e. The van der Waals surface area contributed by atoms with Gasteiger partial charge in [0.05, 0.1) is 7.11 Å². The molecule has 0 spiro atoms. The number of halogens is 1. The van der Waals surface area contributed by atoms with Crippen molar-refractivity contribution >= 4 is 11.6 Å². The summed E-state index contributed by atoms with van der Waals surface area (Å²) in [6.07, 6.45) is 4.32. The molecule has 0 saturated heterocycles. The Morgan fingerprint density at radius 2 is 1.73 bits per heavy atom. The largest absolute Gasteiger partial charge is 0.504 e. The Balaban J connectivity index is 1.81. The number of methoxy groups -OCH3 is 1. The zero-order valence-corrected chi connectivity index (χ0v) is 13.9. The monoisotopic (exact) mass is 318 g/mol. The molecule has 22 heavy (non-hydrogen) atoms. The molecule has 0 aliphatic carbocycles. The van der Waals surface area contributed by atoms with E-state index < -0.39 is 0 Å². The van der Waals surface area contributed by atoms with Crippen LogP contribution in [0.25, 0.3) is 0 Å². The van der Waals surface area contributed by atoms with Gasteiger partial charge in [-0.25, -0.2) is 0 Å². The maximum absolute atomic E-state index is 9.61. The van der Waals surface area contributed by atoms with Crippen LogP contribution < -0.4 is 4.74 Å². The second-order valence-electron chi connectivity index (χ2n) is 5.82. The van der Waals surface area contributed by atoms with E-state index in [1.807, 2.05) is 30.3 Å². The van der Waals surface area contributed by atoms with Crippen molar-refractivity contribution in [2.75, 3.05) is 7.11 Å². The minimum absolute atomic E-state index is 0.195. The summed E-state index contributed by atoms with van der Waals surface area (Å²) in [6, 6.07) is 13.7. The summed E-state index contributed by atoms with van der Waals surface area (Å²) in [4.78, 5) is 0. The summed E-state index contributed by atoms with van der Waals surface area (Å²) >= 11 is 6.01. The third-order valence-electron chi connectivity index (χ3n) is 3.98. The van der Waals surface area contributed by atoms with Crippen LogP contribution in [0, 0.1) is 5.92 Å². The first-order chi connectivity index (χ1) is 10.6. The third-order valence-corrected chi connectivity index (χ3v) is 4.22. The summed E-state index contributed by atoms with van der Waals surface area (Å²) in [5.74, 6) is 1.38. The van der Waals surface area contributed by atoms with Gasteiger partial charge in [0.25, 0.3) is 0 Å². The van der Waals surface area contributed by atoms with Crippen molar-refractivity contribution in [2.45, 2.75) is 32.6 Å². The lowest BCUT2D eigenvalue weighted by molar-refractivity contribution is 0.372. The van der Waals surface area contributed by atoms with Gasteiger partial charge in [0.2, 0.25) is 0 Å². The van der Waals surface area contributed by atoms with Crippen molar-refractivity contribution in [1.82, 2.24) is 0 Å². The molecule has 0 aliphatic heterocycles. The zero-order valence-electron chi connectivity index (χ0n) is 13.2. The number of benzene rings is 2. The van der Waals surface area contributed by atoms with Gasteiger partial charge in [0.15, 0.2) is 11.5 Å². The molecule has 0 fully saturated rings. The Hall–Kier alpha value is -1.67. The molecule has 2 rings (SSSR count). The van der Waals surface area contributed by atoms with Crippen LogP contribution >= 0.6 is 11.6 Å². The fraction of sp³-hybridized carbons (Fsp3) is 0.368. The minimum atomic E-state index is 0.195. The number of ether oxygens (including phenoxy) is 1. The summed E-state index contributed by atoms with van der Waals surface area (Å²) in [5.41, 5.74) is 2.50. The number of hydrogen-bond donors (Lipinski definition) is 1. The maximum Gasteiger partial charge on any atom is 0.160 e. The van der Waals surface area contributed by atoms with Gasteiger partial charge in [-0.15, -0.1) is 0 Å². The highest BCUT2D eigenvalue weighted by Crippen LogP contribution is 2.27. The molecule has 0 heterocycles. The molecule has 1 N–H and O–H groups in total. The molecule has 3 heteroatoms. The molecule has 0 aliphatic rings. The van der Waals surface area contributed by atoms with Gasteiger partial charge in [-0.3, -0.25) is 0 Å². The van der Waals surface area contributed by atoms with E-state index in [0.29, 0.717) is 11.7 Å². The van der Waals surface area contributed by atoms with Crippen molar-refractivity contribution in [2.24, 2.45) is 5.92 Å². The van der Waals surface area contributed by atoms with Gasteiger partial charge < -0.3 is 9.84 Å². The lowest BCUT2D eigenvalue weighted by atomic mass is 9.95. The van der Waals surface area contributed by atoms with Gasteiger partial charge in [0, 0.05) is 5.02 Å². The first kappa shape index (κ1) is 16.7. The predicted molar refractivity (Wildman–Crippen MR) is 91.9 cm³/mol. The molecule has 2 nitrogen and oxygen atoms in total. The standard InChI is InChI=1S/C19H23ClO2/c1-14(6-8-15-4-3-5-17(20)12-15)7-9-16-10-11-18(21)19(13-16)22-2/h3-5,10-14,21H,6-9H2,1-2H3. The van der Waals surface area contributed by atoms with Gasteiger partial charge in [-0.1, -0.05) is 36.7 Å². The zero-order chi connectivity index (χ0) is 15.9. The average molecular weight is 319 g/mol. The molecular formula is C19H23ClO2. The van der Waals surface area contributed by atoms with Crippen LogP contribution in [0.2, 0.25) is 5.02 Å². The van der Waals surface area contributed by atoms with Crippen molar-refractivity contribution < 1.29 is 9.84 Å². The molecule has 2 aromatic carbocycles. The van der Waals surface area contributed by atoms with Crippen LogP contribution in [0.4, 0.5) is 0 Å². The quantitative estimate of drug-likeness (QED) is 0.755. The smallest absolute Gasteiger partial charge is 0.160 e. The second kappa shape index (κ2) is 8.09. The molecule has 1 unspecified atom stereocenters. The lowest BCUT2D eigenvalue weighted by Gasteiger charge is -2.12. The van der Waals surface area contributed by atoms with Crippen LogP contribution in [0.3, 0.4) is 0 Å². The normalized spacial score (nSPS) is 12.1.